The maximum absolute atomic E-state index is 10.9. The Hall–Kier alpha value is -0.360. The highest BCUT2D eigenvalue weighted by molar-refractivity contribution is 4.82. The molecule has 0 bridgehead atoms. The molecule has 4 aliphatic rings. The average molecular weight is 390 g/mol. The van der Waals surface area contributed by atoms with Crippen molar-refractivity contribution >= 4 is 0 Å². The highest BCUT2D eigenvalue weighted by atomic mass is 16.6. The highest BCUT2D eigenvalue weighted by Gasteiger charge is 2.35. The molecule has 7 unspecified atom stereocenters. The lowest BCUT2D eigenvalue weighted by Crippen LogP contribution is -2.45. The van der Waals surface area contributed by atoms with E-state index >= 15 is 0 Å². The van der Waals surface area contributed by atoms with Crippen LogP contribution < -0.4 is 0 Å². The molecule has 1 N–H and O–H groups in total. The predicted molar refractivity (Wildman–Crippen MR) is 90.7 cm³/mol. The second-order valence-corrected chi connectivity index (χ2v) is 7.46. The van der Waals surface area contributed by atoms with Crippen molar-refractivity contribution < 1.29 is 43.0 Å². The molecular weight excluding hydrogens is 360 g/mol. The van der Waals surface area contributed by atoms with Crippen LogP contribution >= 0.6 is 0 Å². The molecule has 0 aromatic carbocycles. The Balaban J connectivity index is 1.24. The molecule has 4 fully saturated rings. The van der Waals surface area contributed by atoms with E-state index in [1.807, 2.05) is 0 Å². The number of aliphatic hydroxyl groups is 1. The van der Waals surface area contributed by atoms with Gasteiger partial charge < -0.3 is 43.0 Å². The average Bonchev–Trinajstić information content (AvgIpc) is 3.49. The molecule has 9 nitrogen and oxygen atoms in total. The van der Waals surface area contributed by atoms with E-state index in [-0.39, 0.29) is 31.0 Å². The standard InChI is InChI=1S/C18H30O9/c19-18(17(27-10-15-8-25-15)11-21-4-13-6-23-13)16(26-9-14-7-24-14)1-2-20-3-12-5-22-12/h12-19H,1-11H2. The van der Waals surface area contributed by atoms with Crippen LogP contribution in [-0.2, 0) is 37.9 Å². The minimum atomic E-state index is -0.830. The molecule has 0 aromatic rings. The Morgan fingerprint density at radius 3 is 1.74 bits per heavy atom. The second kappa shape index (κ2) is 9.91. The van der Waals surface area contributed by atoms with Gasteiger partial charge in [-0.3, -0.25) is 0 Å². The summed E-state index contributed by atoms with van der Waals surface area (Å²) in [4.78, 5) is 0. The minimum Gasteiger partial charge on any atom is -0.388 e. The fourth-order valence-electron chi connectivity index (χ4n) is 2.69. The number of aliphatic hydroxyl groups excluding tert-OH is 1. The fraction of sp³-hybridized carbons (Fsp3) is 1.00. The van der Waals surface area contributed by atoms with Crippen molar-refractivity contribution in [2.45, 2.75) is 49.1 Å². The van der Waals surface area contributed by atoms with E-state index in [1.165, 1.54) is 0 Å². The summed E-state index contributed by atoms with van der Waals surface area (Å²) in [6, 6.07) is 0. The fourth-order valence-corrected chi connectivity index (χ4v) is 2.69. The first-order chi connectivity index (χ1) is 13.3. The van der Waals surface area contributed by atoms with Gasteiger partial charge in [-0.1, -0.05) is 0 Å². The molecule has 27 heavy (non-hydrogen) atoms. The van der Waals surface area contributed by atoms with Gasteiger partial charge in [-0.05, 0) is 6.42 Å². The van der Waals surface area contributed by atoms with Gasteiger partial charge in [0.15, 0.2) is 0 Å². The van der Waals surface area contributed by atoms with Gasteiger partial charge in [0.1, 0.15) is 36.6 Å². The summed E-state index contributed by atoms with van der Waals surface area (Å²) in [5.74, 6) is 0. The van der Waals surface area contributed by atoms with Crippen LogP contribution in [-0.4, -0.2) is 114 Å². The van der Waals surface area contributed by atoms with Gasteiger partial charge in [-0.15, -0.1) is 0 Å². The minimum absolute atomic E-state index is 0.118. The summed E-state index contributed by atoms with van der Waals surface area (Å²) in [6.45, 7) is 5.68. The Labute approximate surface area is 159 Å². The van der Waals surface area contributed by atoms with E-state index in [1.54, 1.807) is 0 Å². The van der Waals surface area contributed by atoms with Crippen LogP contribution in [0.4, 0.5) is 0 Å². The summed E-state index contributed by atoms with van der Waals surface area (Å²) < 4.78 is 43.8. The van der Waals surface area contributed by atoms with Gasteiger partial charge in [0, 0.05) is 6.61 Å². The molecular formula is C18H30O9. The van der Waals surface area contributed by atoms with Crippen LogP contribution in [0.3, 0.4) is 0 Å². The lowest BCUT2D eigenvalue weighted by atomic mass is 10.1. The van der Waals surface area contributed by atoms with Crippen molar-refractivity contribution in [2.75, 3.05) is 66.1 Å². The number of epoxide rings is 4. The molecule has 156 valence electrons. The summed E-state index contributed by atoms with van der Waals surface area (Å²) >= 11 is 0. The molecule has 4 rings (SSSR count). The van der Waals surface area contributed by atoms with Crippen LogP contribution in [0.25, 0.3) is 0 Å². The third-order valence-corrected chi connectivity index (χ3v) is 4.80. The first kappa shape index (κ1) is 19.9. The first-order valence-corrected chi connectivity index (χ1v) is 9.81. The Kier molecular flexibility index (Phi) is 7.31. The van der Waals surface area contributed by atoms with Gasteiger partial charge in [-0.25, -0.2) is 0 Å². The molecule has 0 amide bonds. The van der Waals surface area contributed by atoms with Crippen molar-refractivity contribution in [3.05, 3.63) is 0 Å². The van der Waals surface area contributed by atoms with E-state index in [4.69, 9.17) is 37.9 Å². The summed E-state index contributed by atoms with van der Waals surface area (Å²) in [5, 5.41) is 10.9. The van der Waals surface area contributed by atoms with Crippen LogP contribution in [0.1, 0.15) is 6.42 Å². The molecule has 0 aliphatic carbocycles. The van der Waals surface area contributed by atoms with E-state index in [9.17, 15) is 5.11 Å². The van der Waals surface area contributed by atoms with E-state index in [0.29, 0.717) is 52.7 Å². The largest absolute Gasteiger partial charge is 0.388 e. The zero-order chi connectivity index (χ0) is 18.5. The number of hydrogen-bond donors (Lipinski definition) is 1. The summed E-state index contributed by atoms with van der Waals surface area (Å²) in [7, 11) is 0. The van der Waals surface area contributed by atoms with Crippen LogP contribution in [0.15, 0.2) is 0 Å². The normalized spacial score (nSPS) is 34.1. The van der Waals surface area contributed by atoms with Crippen LogP contribution in [0.5, 0.6) is 0 Å². The number of rotatable bonds is 17. The van der Waals surface area contributed by atoms with Crippen molar-refractivity contribution in [2.24, 2.45) is 0 Å². The molecule has 4 aliphatic heterocycles. The van der Waals surface area contributed by atoms with Gasteiger partial charge in [0.2, 0.25) is 0 Å². The quantitative estimate of drug-likeness (QED) is 0.251. The smallest absolute Gasteiger partial charge is 0.109 e. The van der Waals surface area contributed by atoms with Crippen molar-refractivity contribution in [3.8, 4) is 0 Å². The van der Waals surface area contributed by atoms with Crippen LogP contribution in [0, 0.1) is 0 Å². The Bertz CT molecular complexity index is 435. The van der Waals surface area contributed by atoms with Gasteiger partial charge in [0.25, 0.3) is 0 Å². The van der Waals surface area contributed by atoms with E-state index < -0.39 is 18.3 Å². The summed E-state index contributed by atoms with van der Waals surface area (Å²) in [6.07, 6.45) is -0.538. The monoisotopic (exact) mass is 390 g/mol. The third kappa shape index (κ3) is 7.88. The molecule has 4 heterocycles. The molecule has 0 radical (unpaired) electrons. The number of ether oxygens (including phenoxy) is 8. The predicted octanol–water partition coefficient (Wildman–Crippen LogP) is -0.864. The summed E-state index contributed by atoms with van der Waals surface area (Å²) in [5.41, 5.74) is 0. The lowest BCUT2D eigenvalue weighted by molar-refractivity contribution is -0.140. The number of hydrogen-bond acceptors (Lipinski definition) is 9. The molecule has 9 heteroatoms. The Morgan fingerprint density at radius 1 is 0.704 bits per heavy atom. The molecule has 7 atom stereocenters. The Morgan fingerprint density at radius 2 is 1.19 bits per heavy atom. The SMILES string of the molecule is OC(C(CCOCC1CO1)OCC1CO1)C(COCC1CO1)OCC1CO1. The molecule has 0 aromatic heterocycles. The van der Waals surface area contributed by atoms with Crippen molar-refractivity contribution in [3.63, 3.8) is 0 Å². The zero-order valence-corrected chi connectivity index (χ0v) is 15.5. The third-order valence-electron chi connectivity index (χ3n) is 4.80. The van der Waals surface area contributed by atoms with Crippen molar-refractivity contribution in [1.29, 1.82) is 0 Å². The second-order valence-electron chi connectivity index (χ2n) is 7.46. The maximum Gasteiger partial charge on any atom is 0.109 e. The lowest BCUT2D eigenvalue weighted by Gasteiger charge is -2.30. The van der Waals surface area contributed by atoms with E-state index in [0.717, 1.165) is 13.2 Å². The first-order valence-electron chi connectivity index (χ1n) is 9.81. The zero-order valence-electron chi connectivity index (χ0n) is 15.5. The molecule has 0 saturated carbocycles. The van der Waals surface area contributed by atoms with Crippen molar-refractivity contribution in [1.82, 2.24) is 0 Å². The van der Waals surface area contributed by atoms with Crippen LogP contribution in [0.2, 0.25) is 0 Å². The van der Waals surface area contributed by atoms with E-state index in [2.05, 4.69) is 0 Å². The highest BCUT2D eigenvalue weighted by Crippen LogP contribution is 2.19. The van der Waals surface area contributed by atoms with Gasteiger partial charge in [0.05, 0.1) is 65.6 Å². The molecule has 0 spiro atoms. The molecule has 4 saturated heterocycles. The van der Waals surface area contributed by atoms with Gasteiger partial charge in [-0.2, -0.15) is 0 Å². The van der Waals surface area contributed by atoms with Gasteiger partial charge >= 0.3 is 0 Å². The topological polar surface area (TPSA) is 107 Å². The maximum atomic E-state index is 10.9.